The van der Waals surface area contributed by atoms with E-state index in [9.17, 15) is 0 Å². The summed E-state index contributed by atoms with van der Waals surface area (Å²) in [6, 6.07) is 8.79. The van der Waals surface area contributed by atoms with Crippen molar-refractivity contribution < 1.29 is 0 Å². The van der Waals surface area contributed by atoms with Crippen molar-refractivity contribution in [3.8, 4) is 0 Å². The molecule has 0 amide bonds. The van der Waals surface area contributed by atoms with Crippen LogP contribution in [0.5, 0.6) is 0 Å². The fraction of sp³-hybridized carbons (Fsp3) is 0.455. The van der Waals surface area contributed by atoms with Crippen molar-refractivity contribution in [2.24, 2.45) is 17.8 Å². The van der Waals surface area contributed by atoms with Crippen molar-refractivity contribution in [2.75, 3.05) is 0 Å². The number of aryl methyl sites for hydroxylation is 1. The highest BCUT2D eigenvalue weighted by atomic mass is 14.3. The second kappa shape index (κ2) is 7.13. The summed E-state index contributed by atoms with van der Waals surface area (Å²) in [4.78, 5) is 0. The molecule has 0 heteroatoms. The van der Waals surface area contributed by atoms with Gasteiger partial charge in [-0.3, -0.25) is 0 Å². The minimum Gasteiger partial charge on any atom is -0.0993 e. The maximum Gasteiger partial charge on any atom is 0.00494 e. The van der Waals surface area contributed by atoms with Crippen LogP contribution in [-0.2, 0) is 0 Å². The standard InChI is InChI=1S/C22H30/c1-7-9-16(3)18(5)19(6)22-14-21(13-17(22)4)20-11-8-10-15(2)12-20/h8,10-14,16,19,22H,5,7,9H2,1-4,6H3. The van der Waals surface area contributed by atoms with Crippen molar-refractivity contribution in [3.05, 3.63) is 65.3 Å². The Bertz CT molecular complexity index is 600. The Morgan fingerprint density at radius 3 is 2.59 bits per heavy atom. The van der Waals surface area contributed by atoms with Gasteiger partial charge in [0.2, 0.25) is 0 Å². The number of hydrogen-bond acceptors (Lipinski definition) is 0. The molecule has 0 saturated heterocycles. The molecule has 1 aromatic rings. The van der Waals surface area contributed by atoms with Crippen molar-refractivity contribution >= 4 is 5.57 Å². The topological polar surface area (TPSA) is 0 Å². The monoisotopic (exact) mass is 294 g/mol. The average Bonchev–Trinajstić information content (AvgIpc) is 2.88. The molecule has 0 aliphatic heterocycles. The molecule has 118 valence electrons. The summed E-state index contributed by atoms with van der Waals surface area (Å²) >= 11 is 0. The molecule has 0 heterocycles. The molecule has 3 atom stereocenters. The zero-order valence-electron chi connectivity index (χ0n) is 14.8. The van der Waals surface area contributed by atoms with E-state index in [-0.39, 0.29) is 0 Å². The maximum atomic E-state index is 4.41. The number of rotatable bonds is 6. The van der Waals surface area contributed by atoms with Crippen molar-refractivity contribution in [1.29, 1.82) is 0 Å². The Labute approximate surface area is 136 Å². The van der Waals surface area contributed by atoms with Crippen LogP contribution >= 0.6 is 0 Å². The molecule has 1 aromatic carbocycles. The van der Waals surface area contributed by atoms with Gasteiger partial charge in [-0.25, -0.2) is 0 Å². The summed E-state index contributed by atoms with van der Waals surface area (Å²) in [6.07, 6.45) is 7.27. The smallest absolute Gasteiger partial charge is 0.00494 e. The van der Waals surface area contributed by atoms with Gasteiger partial charge in [-0.05, 0) is 43.2 Å². The van der Waals surface area contributed by atoms with E-state index in [1.807, 2.05) is 0 Å². The molecule has 0 nitrogen and oxygen atoms in total. The molecular formula is C22H30. The molecule has 0 bridgehead atoms. The SMILES string of the molecule is C=C(C(C)CCC)C(C)C1C=C(c2cccc(C)c2)C=C1C. The van der Waals surface area contributed by atoms with Crippen molar-refractivity contribution in [3.63, 3.8) is 0 Å². The summed E-state index contributed by atoms with van der Waals surface area (Å²) in [5.41, 5.74) is 6.90. The van der Waals surface area contributed by atoms with Crippen LogP contribution < -0.4 is 0 Å². The Balaban J connectivity index is 2.20. The summed E-state index contributed by atoms with van der Waals surface area (Å²) < 4.78 is 0. The van der Waals surface area contributed by atoms with E-state index in [0.717, 1.165) is 0 Å². The normalized spacial score (nSPS) is 20.3. The van der Waals surface area contributed by atoms with Gasteiger partial charge in [-0.15, -0.1) is 0 Å². The average molecular weight is 294 g/mol. The van der Waals surface area contributed by atoms with E-state index < -0.39 is 0 Å². The lowest BCUT2D eigenvalue weighted by Gasteiger charge is -2.26. The van der Waals surface area contributed by atoms with Crippen LogP contribution in [0.4, 0.5) is 0 Å². The number of hydrogen-bond donors (Lipinski definition) is 0. The Kier molecular flexibility index (Phi) is 5.45. The highest BCUT2D eigenvalue weighted by molar-refractivity contribution is 5.78. The summed E-state index contributed by atoms with van der Waals surface area (Å²) in [6.45, 7) is 15.7. The Morgan fingerprint density at radius 2 is 1.95 bits per heavy atom. The van der Waals surface area contributed by atoms with Gasteiger partial charge < -0.3 is 0 Å². The molecule has 0 spiro atoms. The third-order valence-corrected chi connectivity index (χ3v) is 5.10. The molecule has 1 aliphatic rings. The molecule has 0 saturated carbocycles. The third kappa shape index (κ3) is 3.61. The quantitative estimate of drug-likeness (QED) is 0.520. The zero-order chi connectivity index (χ0) is 16.3. The minimum absolute atomic E-state index is 0.502. The molecule has 0 radical (unpaired) electrons. The fourth-order valence-electron chi connectivity index (χ4n) is 3.56. The highest BCUT2D eigenvalue weighted by Crippen LogP contribution is 2.39. The lowest BCUT2D eigenvalue weighted by Crippen LogP contribution is -2.15. The van der Waals surface area contributed by atoms with Crippen LogP contribution in [0.3, 0.4) is 0 Å². The number of allylic oxidation sites excluding steroid dienone is 5. The van der Waals surface area contributed by atoms with Gasteiger partial charge in [0.1, 0.15) is 0 Å². The molecule has 3 unspecified atom stereocenters. The first-order chi connectivity index (χ1) is 10.4. The molecule has 0 aromatic heterocycles. The van der Waals surface area contributed by atoms with E-state index in [0.29, 0.717) is 17.8 Å². The highest BCUT2D eigenvalue weighted by Gasteiger charge is 2.26. The van der Waals surface area contributed by atoms with Gasteiger partial charge in [0.25, 0.3) is 0 Å². The van der Waals surface area contributed by atoms with Crippen LogP contribution in [0.1, 0.15) is 51.7 Å². The third-order valence-electron chi connectivity index (χ3n) is 5.10. The molecule has 22 heavy (non-hydrogen) atoms. The van der Waals surface area contributed by atoms with Gasteiger partial charge in [-0.1, -0.05) is 86.9 Å². The van der Waals surface area contributed by atoms with Crippen LogP contribution in [0.15, 0.2) is 54.1 Å². The molecule has 2 rings (SSSR count). The molecule has 0 N–H and O–H groups in total. The second-order valence-electron chi connectivity index (χ2n) is 6.96. The summed E-state index contributed by atoms with van der Waals surface area (Å²) in [5.74, 6) is 1.63. The molecular weight excluding hydrogens is 264 g/mol. The van der Waals surface area contributed by atoms with Gasteiger partial charge in [-0.2, -0.15) is 0 Å². The van der Waals surface area contributed by atoms with Crippen molar-refractivity contribution in [1.82, 2.24) is 0 Å². The van der Waals surface area contributed by atoms with E-state index >= 15 is 0 Å². The first kappa shape index (κ1) is 16.8. The van der Waals surface area contributed by atoms with E-state index in [1.165, 1.54) is 40.7 Å². The van der Waals surface area contributed by atoms with Crippen LogP contribution in [0.2, 0.25) is 0 Å². The van der Waals surface area contributed by atoms with Crippen LogP contribution in [0.25, 0.3) is 5.57 Å². The first-order valence-electron chi connectivity index (χ1n) is 8.59. The minimum atomic E-state index is 0.502. The van der Waals surface area contributed by atoms with E-state index in [1.54, 1.807) is 0 Å². The van der Waals surface area contributed by atoms with Crippen LogP contribution in [0, 0.1) is 24.7 Å². The molecule has 1 aliphatic carbocycles. The van der Waals surface area contributed by atoms with Gasteiger partial charge in [0.15, 0.2) is 0 Å². The van der Waals surface area contributed by atoms with Gasteiger partial charge in [0.05, 0.1) is 0 Å². The van der Waals surface area contributed by atoms with E-state index in [4.69, 9.17) is 0 Å². The Hall–Kier alpha value is -1.56. The predicted octanol–water partition coefficient (Wildman–Crippen LogP) is 6.58. The Morgan fingerprint density at radius 1 is 1.23 bits per heavy atom. The lowest BCUT2D eigenvalue weighted by atomic mass is 9.79. The first-order valence-corrected chi connectivity index (χ1v) is 8.59. The largest absolute Gasteiger partial charge is 0.0993 e. The van der Waals surface area contributed by atoms with Crippen molar-refractivity contribution in [2.45, 2.75) is 47.5 Å². The summed E-state index contributed by atoms with van der Waals surface area (Å²) in [5, 5.41) is 0. The van der Waals surface area contributed by atoms with Gasteiger partial charge >= 0.3 is 0 Å². The number of benzene rings is 1. The second-order valence-corrected chi connectivity index (χ2v) is 6.96. The molecule has 0 fully saturated rings. The fourth-order valence-corrected chi connectivity index (χ4v) is 3.56. The van der Waals surface area contributed by atoms with Gasteiger partial charge in [0, 0.05) is 5.92 Å². The zero-order valence-corrected chi connectivity index (χ0v) is 14.8. The predicted molar refractivity (Wildman–Crippen MR) is 98.8 cm³/mol. The van der Waals surface area contributed by atoms with Crippen LogP contribution in [-0.4, -0.2) is 0 Å². The summed E-state index contributed by atoms with van der Waals surface area (Å²) in [7, 11) is 0. The van der Waals surface area contributed by atoms with E-state index in [2.05, 4.69) is 77.6 Å². The maximum absolute atomic E-state index is 4.41. The lowest BCUT2D eigenvalue weighted by molar-refractivity contribution is 0.470.